The first kappa shape index (κ1) is 59.5. The highest BCUT2D eigenvalue weighted by atomic mass is 31.2. The summed E-state index contributed by atoms with van der Waals surface area (Å²) in [6.45, 7) is 2.41. The molecule has 0 aromatic rings. The highest BCUT2D eigenvalue weighted by Crippen LogP contribution is 2.43. The third kappa shape index (κ3) is 46.3. The molecule has 0 rings (SSSR count). The largest absolute Gasteiger partial charge is 0.472 e. The molecule has 0 fully saturated rings. The van der Waals surface area contributed by atoms with Gasteiger partial charge in [0.15, 0.2) is 6.10 Å². The topological polar surface area (TPSA) is 149 Å². The molecule has 11 heteroatoms. The molecule has 61 heavy (non-hydrogen) atoms. The number of esters is 2. The van der Waals surface area contributed by atoms with E-state index in [0.717, 1.165) is 51.4 Å². The van der Waals surface area contributed by atoms with Gasteiger partial charge in [0.25, 0.3) is 0 Å². The fraction of sp³-hybridized carbons (Fsp3) is 0.880. The fourth-order valence-corrected chi connectivity index (χ4v) is 7.99. The van der Waals surface area contributed by atoms with Crippen LogP contribution in [0.15, 0.2) is 24.3 Å². The average Bonchev–Trinajstić information content (AvgIpc) is 3.25. The highest BCUT2D eigenvalue weighted by molar-refractivity contribution is 7.47. The Morgan fingerprint density at radius 2 is 0.852 bits per heavy atom. The number of phosphoric acid groups is 1. The van der Waals surface area contributed by atoms with Crippen molar-refractivity contribution in [3.05, 3.63) is 24.3 Å². The number of ether oxygens (including phenoxy) is 2. The summed E-state index contributed by atoms with van der Waals surface area (Å²) >= 11 is 0. The van der Waals surface area contributed by atoms with Gasteiger partial charge < -0.3 is 24.6 Å². The van der Waals surface area contributed by atoms with E-state index >= 15 is 0 Å². The molecule has 0 aliphatic carbocycles. The summed E-state index contributed by atoms with van der Waals surface area (Å²) in [6.07, 6.45) is 48.5. The van der Waals surface area contributed by atoms with Gasteiger partial charge in [-0.15, -0.1) is 0 Å². The smallest absolute Gasteiger partial charge is 0.462 e. The molecule has 0 bridgehead atoms. The van der Waals surface area contributed by atoms with E-state index in [1.807, 2.05) is 0 Å². The standard InChI is InChI=1S/C50H95O10P/c1-3-5-7-9-11-13-15-17-19-21-22-23-24-26-28-30-32-34-36-38-40-42-50(54)60-48(46-59-61(55,56)58-44-47(52)43-51)45-57-49(53)41-39-37-35-33-31-29-27-25-20-18-16-14-12-10-8-6-4-2/h15,17,21-22,47-48,51-52H,3-14,16,18-20,23-46H2,1-2H3,(H,55,56)/b17-15-,22-21-. The summed E-state index contributed by atoms with van der Waals surface area (Å²) in [5.41, 5.74) is 0. The second-order valence-corrected chi connectivity index (χ2v) is 18.7. The minimum Gasteiger partial charge on any atom is -0.462 e. The number of phosphoric ester groups is 1. The van der Waals surface area contributed by atoms with E-state index in [1.54, 1.807) is 0 Å². The first-order valence-corrected chi connectivity index (χ1v) is 26.8. The number of hydrogen-bond donors (Lipinski definition) is 3. The Bertz CT molecular complexity index is 1070. The third-order valence-corrected chi connectivity index (χ3v) is 12.1. The maximum Gasteiger partial charge on any atom is 0.472 e. The van der Waals surface area contributed by atoms with Crippen LogP contribution in [0.3, 0.4) is 0 Å². The Morgan fingerprint density at radius 1 is 0.492 bits per heavy atom. The van der Waals surface area contributed by atoms with E-state index in [-0.39, 0.29) is 19.4 Å². The number of unbranched alkanes of at least 4 members (excludes halogenated alkanes) is 30. The van der Waals surface area contributed by atoms with Crippen LogP contribution in [0.2, 0.25) is 0 Å². The van der Waals surface area contributed by atoms with Crippen molar-refractivity contribution in [2.45, 2.75) is 257 Å². The lowest BCUT2D eigenvalue weighted by Gasteiger charge is -2.20. The predicted molar refractivity (Wildman–Crippen MR) is 252 cm³/mol. The second kappa shape index (κ2) is 46.4. The molecule has 3 N–H and O–H groups in total. The summed E-state index contributed by atoms with van der Waals surface area (Å²) in [5, 5.41) is 18.4. The summed E-state index contributed by atoms with van der Waals surface area (Å²) in [6, 6.07) is 0. The number of aliphatic hydroxyl groups is 2. The van der Waals surface area contributed by atoms with Crippen molar-refractivity contribution in [2.24, 2.45) is 0 Å². The van der Waals surface area contributed by atoms with Crippen LogP contribution in [0.1, 0.15) is 245 Å². The van der Waals surface area contributed by atoms with E-state index in [9.17, 15) is 24.2 Å². The Kier molecular flexibility index (Phi) is 45.3. The molecule has 360 valence electrons. The molecule has 0 saturated heterocycles. The Labute approximate surface area is 374 Å². The zero-order valence-electron chi connectivity index (χ0n) is 39.4. The van der Waals surface area contributed by atoms with Crippen molar-refractivity contribution in [3.63, 3.8) is 0 Å². The van der Waals surface area contributed by atoms with Crippen LogP contribution < -0.4 is 0 Å². The van der Waals surface area contributed by atoms with Crippen molar-refractivity contribution in [2.75, 3.05) is 26.4 Å². The van der Waals surface area contributed by atoms with Crippen LogP contribution in [0.25, 0.3) is 0 Å². The van der Waals surface area contributed by atoms with Crippen molar-refractivity contribution in [3.8, 4) is 0 Å². The third-order valence-electron chi connectivity index (χ3n) is 11.1. The van der Waals surface area contributed by atoms with E-state index in [1.165, 1.54) is 154 Å². The number of carbonyl (C=O) groups excluding carboxylic acids is 2. The molecular weight excluding hydrogens is 792 g/mol. The average molecular weight is 887 g/mol. The monoisotopic (exact) mass is 887 g/mol. The van der Waals surface area contributed by atoms with Gasteiger partial charge in [-0.3, -0.25) is 18.6 Å². The van der Waals surface area contributed by atoms with Gasteiger partial charge in [-0.25, -0.2) is 4.57 Å². The summed E-state index contributed by atoms with van der Waals surface area (Å²) in [5.74, 6) is -0.916. The van der Waals surface area contributed by atoms with Crippen LogP contribution in [0.4, 0.5) is 0 Å². The Hall–Kier alpha value is -1.55. The van der Waals surface area contributed by atoms with Gasteiger partial charge in [0.05, 0.1) is 19.8 Å². The zero-order valence-corrected chi connectivity index (χ0v) is 40.3. The molecule has 0 heterocycles. The molecule has 0 aromatic carbocycles. The van der Waals surface area contributed by atoms with E-state index in [2.05, 4.69) is 38.2 Å². The van der Waals surface area contributed by atoms with Gasteiger partial charge in [0.1, 0.15) is 12.7 Å². The molecule has 3 unspecified atom stereocenters. The highest BCUT2D eigenvalue weighted by Gasteiger charge is 2.27. The second-order valence-electron chi connectivity index (χ2n) is 17.2. The van der Waals surface area contributed by atoms with Crippen LogP contribution in [-0.2, 0) is 32.7 Å². The van der Waals surface area contributed by atoms with E-state index < -0.39 is 51.8 Å². The minimum absolute atomic E-state index is 0.183. The lowest BCUT2D eigenvalue weighted by atomic mass is 10.0. The molecule has 0 spiro atoms. The van der Waals surface area contributed by atoms with Gasteiger partial charge in [-0.2, -0.15) is 0 Å². The van der Waals surface area contributed by atoms with Gasteiger partial charge in [0, 0.05) is 12.8 Å². The van der Waals surface area contributed by atoms with E-state index in [0.29, 0.717) is 12.8 Å². The van der Waals surface area contributed by atoms with Crippen LogP contribution >= 0.6 is 7.82 Å². The molecule has 0 aliphatic heterocycles. The lowest BCUT2D eigenvalue weighted by molar-refractivity contribution is -0.161. The molecule has 10 nitrogen and oxygen atoms in total. The lowest BCUT2D eigenvalue weighted by Crippen LogP contribution is -2.29. The Balaban J connectivity index is 4.18. The summed E-state index contributed by atoms with van der Waals surface area (Å²) < 4.78 is 32.9. The molecule has 0 amide bonds. The number of rotatable bonds is 48. The maximum absolute atomic E-state index is 12.7. The van der Waals surface area contributed by atoms with E-state index in [4.69, 9.17) is 23.6 Å². The minimum atomic E-state index is -4.62. The Morgan fingerprint density at radius 3 is 1.26 bits per heavy atom. The molecule has 0 aliphatic rings. The van der Waals surface area contributed by atoms with Crippen molar-refractivity contribution in [1.82, 2.24) is 0 Å². The molecular formula is C50H95O10P. The first-order chi connectivity index (χ1) is 29.7. The molecule has 3 atom stereocenters. The van der Waals surface area contributed by atoms with Crippen molar-refractivity contribution in [1.29, 1.82) is 0 Å². The van der Waals surface area contributed by atoms with Crippen LogP contribution in [0.5, 0.6) is 0 Å². The SMILES string of the molecule is CCCCCCC/C=C\C/C=C\CCCCCCCCCCCC(=O)OC(COC(=O)CCCCCCCCCCCCCCCCCCC)COP(=O)(O)OCC(O)CO. The van der Waals surface area contributed by atoms with Gasteiger partial charge >= 0.3 is 19.8 Å². The van der Waals surface area contributed by atoms with Gasteiger partial charge in [0.2, 0.25) is 0 Å². The summed E-state index contributed by atoms with van der Waals surface area (Å²) in [7, 11) is -4.62. The quantitative estimate of drug-likeness (QED) is 0.0233. The maximum atomic E-state index is 12.7. The number of carbonyl (C=O) groups is 2. The van der Waals surface area contributed by atoms with Gasteiger partial charge in [-0.1, -0.05) is 212 Å². The first-order valence-electron chi connectivity index (χ1n) is 25.3. The van der Waals surface area contributed by atoms with Crippen molar-refractivity contribution >= 4 is 19.8 Å². The van der Waals surface area contributed by atoms with Crippen LogP contribution in [-0.4, -0.2) is 65.7 Å². The number of aliphatic hydroxyl groups excluding tert-OH is 2. The van der Waals surface area contributed by atoms with Crippen LogP contribution in [0, 0.1) is 0 Å². The molecule has 0 radical (unpaired) electrons. The fourth-order valence-electron chi connectivity index (χ4n) is 7.20. The normalized spacial score (nSPS) is 13.9. The molecule has 0 saturated carbocycles. The number of hydrogen-bond acceptors (Lipinski definition) is 9. The predicted octanol–water partition coefficient (Wildman–Crippen LogP) is 14.1. The van der Waals surface area contributed by atoms with Crippen molar-refractivity contribution < 1.29 is 47.8 Å². The molecule has 0 aromatic heterocycles. The van der Waals surface area contributed by atoms with Gasteiger partial charge in [-0.05, 0) is 44.9 Å². The number of allylic oxidation sites excluding steroid dienone is 4. The zero-order chi connectivity index (χ0) is 44.8. The summed E-state index contributed by atoms with van der Waals surface area (Å²) in [4.78, 5) is 35.2.